The van der Waals surface area contributed by atoms with E-state index in [1.807, 2.05) is 0 Å². The van der Waals surface area contributed by atoms with E-state index in [1.165, 1.54) is 0 Å². The molecule has 1 N–H and O–H groups in total. The number of amides is 1. The van der Waals surface area contributed by atoms with Crippen LogP contribution >= 0.6 is 23.2 Å². The summed E-state index contributed by atoms with van der Waals surface area (Å²) in [7, 11) is 1.68. The summed E-state index contributed by atoms with van der Waals surface area (Å²) in [5.74, 6) is 0.697. The molecular formula is C15H19Cl2NO3. The Morgan fingerprint density at radius 2 is 2.19 bits per heavy atom. The molecule has 1 saturated carbocycles. The highest BCUT2D eigenvalue weighted by atomic mass is 35.5. The van der Waals surface area contributed by atoms with Crippen molar-refractivity contribution < 1.29 is 14.3 Å². The zero-order valence-corrected chi connectivity index (χ0v) is 13.4. The summed E-state index contributed by atoms with van der Waals surface area (Å²) in [6.45, 7) is 0.617. The van der Waals surface area contributed by atoms with Gasteiger partial charge >= 0.3 is 0 Å². The number of carbonyl (C=O) groups is 1. The Labute approximate surface area is 134 Å². The summed E-state index contributed by atoms with van der Waals surface area (Å²) in [4.78, 5) is 12.0. The Kier molecular flexibility index (Phi) is 6.15. The third-order valence-electron chi connectivity index (χ3n) is 3.64. The first-order valence-electron chi connectivity index (χ1n) is 6.96. The van der Waals surface area contributed by atoms with E-state index in [1.54, 1.807) is 25.3 Å². The van der Waals surface area contributed by atoms with E-state index in [-0.39, 0.29) is 18.6 Å². The molecule has 1 aromatic rings. The van der Waals surface area contributed by atoms with Crippen LogP contribution in [-0.4, -0.2) is 32.3 Å². The van der Waals surface area contributed by atoms with Crippen molar-refractivity contribution in [2.45, 2.75) is 25.3 Å². The SMILES string of the molecule is COCC1CCCC1NC(=O)COc1ccc(Cl)cc1Cl. The van der Waals surface area contributed by atoms with Gasteiger partial charge in [0.25, 0.3) is 5.91 Å². The standard InChI is InChI=1S/C15H19Cl2NO3/c1-20-8-10-3-2-4-13(10)18-15(19)9-21-14-6-5-11(16)7-12(14)17/h5-7,10,13H,2-4,8-9H2,1H3,(H,18,19). The van der Waals surface area contributed by atoms with Crippen LogP contribution in [0.25, 0.3) is 0 Å². The van der Waals surface area contributed by atoms with Crippen LogP contribution in [0.5, 0.6) is 5.75 Å². The summed E-state index contributed by atoms with van der Waals surface area (Å²) >= 11 is 11.8. The van der Waals surface area contributed by atoms with Gasteiger partial charge < -0.3 is 14.8 Å². The van der Waals surface area contributed by atoms with E-state index >= 15 is 0 Å². The predicted molar refractivity (Wildman–Crippen MR) is 83.1 cm³/mol. The highest BCUT2D eigenvalue weighted by Gasteiger charge is 2.28. The Balaban J connectivity index is 1.82. The highest BCUT2D eigenvalue weighted by molar-refractivity contribution is 6.35. The van der Waals surface area contributed by atoms with Gasteiger partial charge in [-0.15, -0.1) is 0 Å². The fourth-order valence-electron chi connectivity index (χ4n) is 2.62. The van der Waals surface area contributed by atoms with Gasteiger partial charge in [-0.3, -0.25) is 4.79 Å². The molecule has 2 rings (SSSR count). The average molecular weight is 332 g/mol. The maximum absolute atomic E-state index is 12.0. The molecule has 6 heteroatoms. The smallest absolute Gasteiger partial charge is 0.258 e. The van der Waals surface area contributed by atoms with E-state index in [4.69, 9.17) is 32.7 Å². The van der Waals surface area contributed by atoms with E-state index in [2.05, 4.69) is 5.32 Å². The lowest BCUT2D eigenvalue weighted by Gasteiger charge is -2.20. The minimum atomic E-state index is -0.144. The molecular weight excluding hydrogens is 313 g/mol. The molecule has 0 spiro atoms. The van der Waals surface area contributed by atoms with Gasteiger partial charge in [-0.1, -0.05) is 29.6 Å². The van der Waals surface area contributed by atoms with Crippen LogP contribution in [0.15, 0.2) is 18.2 Å². The second-order valence-electron chi connectivity index (χ2n) is 5.18. The van der Waals surface area contributed by atoms with Gasteiger partial charge in [0.05, 0.1) is 11.6 Å². The van der Waals surface area contributed by atoms with Crippen LogP contribution < -0.4 is 10.1 Å². The molecule has 4 nitrogen and oxygen atoms in total. The second-order valence-corrected chi connectivity index (χ2v) is 6.03. The molecule has 1 aliphatic rings. The number of rotatable bonds is 6. The third-order valence-corrected chi connectivity index (χ3v) is 4.17. The largest absolute Gasteiger partial charge is 0.482 e. The maximum atomic E-state index is 12.0. The minimum absolute atomic E-state index is 0.0580. The minimum Gasteiger partial charge on any atom is -0.482 e. The summed E-state index contributed by atoms with van der Waals surface area (Å²) in [5, 5.41) is 3.93. The average Bonchev–Trinajstić information content (AvgIpc) is 2.85. The molecule has 1 aromatic carbocycles. The highest BCUT2D eigenvalue weighted by Crippen LogP contribution is 2.28. The van der Waals surface area contributed by atoms with Crippen LogP contribution in [0, 0.1) is 5.92 Å². The van der Waals surface area contributed by atoms with Gasteiger partial charge in [0.15, 0.2) is 6.61 Å². The molecule has 116 valence electrons. The molecule has 1 amide bonds. The number of ether oxygens (including phenoxy) is 2. The number of methoxy groups -OCH3 is 1. The van der Waals surface area contributed by atoms with Gasteiger partial charge in [-0.2, -0.15) is 0 Å². The number of hydrogen-bond acceptors (Lipinski definition) is 3. The van der Waals surface area contributed by atoms with Crippen molar-refractivity contribution in [3.05, 3.63) is 28.2 Å². The fourth-order valence-corrected chi connectivity index (χ4v) is 3.09. The molecule has 1 aliphatic carbocycles. The van der Waals surface area contributed by atoms with Crippen molar-refractivity contribution in [2.75, 3.05) is 20.3 Å². The van der Waals surface area contributed by atoms with E-state index in [9.17, 15) is 4.79 Å². The van der Waals surface area contributed by atoms with Crippen LogP contribution in [0.4, 0.5) is 0 Å². The Hall–Kier alpha value is -0.970. The van der Waals surface area contributed by atoms with Gasteiger partial charge in [0, 0.05) is 24.1 Å². The quantitative estimate of drug-likeness (QED) is 0.869. The second kappa shape index (κ2) is 7.87. The summed E-state index contributed by atoms with van der Waals surface area (Å²) < 4.78 is 10.6. The molecule has 0 radical (unpaired) electrons. The molecule has 2 atom stereocenters. The maximum Gasteiger partial charge on any atom is 0.258 e. The van der Waals surface area contributed by atoms with E-state index in [0.29, 0.717) is 28.3 Å². The summed E-state index contributed by atoms with van der Waals surface area (Å²) in [6.07, 6.45) is 3.19. The van der Waals surface area contributed by atoms with Crippen molar-refractivity contribution in [1.82, 2.24) is 5.32 Å². The Morgan fingerprint density at radius 3 is 2.90 bits per heavy atom. The molecule has 21 heavy (non-hydrogen) atoms. The van der Waals surface area contributed by atoms with Gasteiger partial charge in [0.1, 0.15) is 5.75 Å². The molecule has 2 unspecified atom stereocenters. The molecule has 0 heterocycles. The predicted octanol–water partition coefficient (Wildman–Crippen LogP) is 3.30. The van der Waals surface area contributed by atoms with Gasteiger partial charge in [-0.25, -0.2) is 0 Å². The molecule has 0 saturated heterocycles. The first-order valence-corrected chi connectivity index (χ1v) is 7.72. The number of carbonyl (C=O) groups excluding carboxylic acids is 1. The van der Waals surface area contributed by atoms with E-state index in [0.717, 1.165) is 19.3 Å². The van der Waals surface area contributed by atoms with Gasteiger partial charge in [-0.05, 0) is 31.0 Å². The lowest BCUT2D eigenvalue weighted by atomic mass is 10.1. The van der Waals surface area contributed by atoms with E-state index < -0.39 is 0 Å². The van der Waals surface area contributed by atoms with Crippen molar-refractivity contribution in [3.63, 3.8) is 0 Å². The van der Waals surface area contributed by atoms with Crippen LogP contribution in [-0.2, 0) is 9.53 Å². The molecule has 0 aromatic heterocycles. The monoisotopic (exact) mass is 331 g/mol. The number of benzene rings is 1. The molecule has 1 fully saturated rings. The third kappa shape index (κ3) is 4.77. The topological polar surface area (TPSA) is 47.6 Å². The van der Waals surface area contributed by atoms with Crippen molar-refractivity contribution in [2.24, 2.45) is 5.92 Å². The lowest BCUT2D eigenvalue weighted by molar-refractivity contribution is -0.124. The zero-order valence-electron chi connectivity index (χ0n) is 11.9. The normalized spacial score (nSPS) is 21.3. The first-order chi connectivity index (χ1) is 10.1. The van der Waals surface area contributed by atoms with Crippen LogP contribution in [0.3, 0.4) is 0 Å². The summed E-state index contributed by atoms with van der Waals surface area (Å²) in [5.41, 5.74) is 0. The molecule has 0 bridgehead atoms. The van der Waals surface area contributed by atoms with Crippen LogP contribution in [0.2, 0.25) is 10.0 Å². The zero-order chi connectivity index (χ0) is 15.2. The Morgan fingerprint density at radius 1 is 1.38 bits per heavy atom. The number of nitrogens with one attached hydrogen (secondary N) is 1. The number of halogens is 2. The fraction of sp³-hybridized carbons (Fsp3) is 0.533. The Bertz CT molecular complexity index is 496. The van der Waals surface area contributed by atoms with Crippen molar-refractivity contribution in [3.8, 4) is 5.75 Å². The van der Waals surface area contributed by atoms with Gasteiger partial charge in [0.2, 0.25) is 0 Å². The lowest BCUT2D eigenvalue weighted by Crippen LogP contribution is -2.41. The van der Waals surface area contributed by atoms with Crippen LogP contribution in [0.1, 0.15) is 19.3 Å². The number of hydrogen-bond donors (Lipinski definition) is 1. The molecule has 0 aliphatic heterocycles. The summed E-state index contributed by atoms with van der Waals surface area (Å²) in [6, 6.07) is 5.08. The van der Waals surface area contributed by atoms with Crippen molar-refractivity contribution in [1.29, 1.82) is 0 Å². The van der Waals surface area contributed by atoms with Crippen molar-refractivity contribution >= 4 is 29.1 Å². The first kappa shape index (κ1) is 16.4.